The number of nitrogens with one attached hydrogen (secondary N) is 1. The minimum absolute atomic E-state index is 0.266. The van der Waals surface area contributed by atoms with Gasteiger partial charge in [-0.05, 0) is 29.5 Å². The number of methoxy groups -OCH3 is 2. The van der Waals surface area contributed by atoms with Crippen LogP contribution in [0.5, 0.6) is 5.75 Å². The van der Waals surface area contributed by atoms with Gasteiger partial charge in [-0.1, -0.05) is 26.0 Å². The minimum Gasteiger partial charge on any atom is -0.497 e. The van der Waals surface area contributed by atoms with Gasteiger partial charge < -0.3 is 14.8 Å². The second-order valence-corrected chi connectivity index (χ2v) is 5.36. The Labute approximate surface area is 110 Å². The highest BCUT2D eigenvalue weighted by Crippen LogP contribution is 2.19. The van der Waals surface area contributed by atoms with Crippen LogP contribution in [0.25, 0.3) is 0 Å². The predicted octanol–water partition coefficient (Wildman–Crippen LogP) is 2.85. The van der Waals surface area contributed by atoms with Gasteiger partial charge in [-0.25, -0.2) is 0 Å². The molecule has 102 valence electrons. The summed E-state index contributed by atoms with van der Waals surface area (Å²) in [5, 5.41) is 3.49. The van der Waals surface area contributed by atoms with Crippen molar-refractivity contribution in [2.24, 2.45) is 5.41 Å². The molecule has 0 fully saturated rings. The van der Waals surface area contributed by atoms with E-state index in [2.05, 4.69) is 31.3 Å². The van der Waals surface area contributed by atoms with Gasteiger partial charge in [0.1, 0.15) is 5.75 Å². The molecule has 0 heterocycles. The Bertz CT molecular complexity index is 333. The van der Waals surface area contributed by atoms with Crippen molar-refractivity contribution in [1.29, 1.82) is 0 Å². The largest absolute Gasteiger partial charge is 0.497 e. The molecule has 0 radical (unpaired) electrons. The van der Waals surface area contributed by atoms with E-state index in [-0.39, 0.29) is 5.41 Å². The number of ether oxygens (including phenoxy) is 2. The van der Waals surface area contributed by atoms with Crippen molar-refractivity contribution in [3.8, 4) is 5.75 Å². The molecule has 1 rings (SSSR count). The Morgan fingerprint density at radius 2 is 1.78 bits per heavy atom. The predicted molar refractivity (Wildman–Crippen MR) is 75.0 cm³/mol. The summed E-state index contributed by atoms with van der Waals surface area (Å²) in [6.45, 7) is 7.21. The van der Waals surface area contributed by atoms with Crippen molar-refractivity contribution in [3.63, 3.8) is 0 Å². The Kier molecular flexibility index (Phi) is 6.16. The molecule has 0 aliphatic rings. The molecular formula is C15H25NO2. The standard InChI is InChI=1S/C15H25NO2/c1-15(2,9-10-17-3)12-16-11-13-5-7-14(18-4)8-6-13/h5-8,16H,9-12H2,1-4H3. The molecule has 0 atom stereocenters. The summed E-state index contributed by atoms with van der Waals surface area (Å²) in [6, 6.07) is 8.17. The van der Waals surface area contributed by atoms with Crippen LogP contribution in [0.15, 0.2) is 24.3 Å². The number of rotatable bonds is 8. The first-order chi connectivity index (χ1) is 8.57. The summed E-state index contributed by atoms with van der Waals surface area (Å²) in [5.74, 6) is 0.902. The summed E-state index contributed by atoms with van der Waals surface area (Å²) < 4.78 is 10.3. The van der Waals surface area contributed by atoms with Crippen LogP contribution in [-0.4, -0.2) is 27.4 Å². The lowest BCUT2D eigenvalue weighted by molar-refractivity contribution is 0.150. The van der Waals surface area contributed by atoms with Gasteiger partial charge in [-0.15, -0.1) is 0 Å². The van der Waals surface area contributed by atoms with Crippen molar-refractivity contribution in [3.05, 3.63) is 29.8 Å². The Morgan fingerprint density at radius 3 is 2.33 bits per heavy atom. The van der Waals surface area contributed by atoms with Gasteiger partial charge in [0.15, 0.2) is 0 Å². The molecule has 3 nitrogen and oxygen atoms in total. The fourth-order valence-corrected chi connectivity index (χ4v) is 1.76. The van der Waals surface area contributed by atoms with E-state index >= 15 is 0 Å². The lowest BCUT2D eigenvalue weighted by atomic mass is 9.89. The summed E-state index contributed by atoms with van der Waals surface area (Å²) in [4.78, 5) is 0. The van der Waals surface area contributed by atoms with Crippen molar-refractivity contribution in [2.75, 3.05) is 27.4 Å². The normalized spacial score (nSPS) is 11.6. The summed E-state index contributed by atoms with van der Waals surface area (Å²) in [6.07, 6.45) is 1.07. The number of hydrogen-bond donors (Lipinski definition) is 1. The van der Waals surface area contributed by atoms with Gasteiger partial charge in [-0.3, -0.25) is 0 Å². The minimum atomic E-state index is 0.266. The zero-order valence-corrected chi connectivity index (χ0v) is 12.0. The van der Waals surface area contributed by atoms with Gasteiger partial charge in [0.2, 0.25) is 0 Å². The van der Waals surface area contributed by atoms with E-state index in [9.17, 15) is 0 Å². The highest BCUT2D eigenvalue weighted by atomic mass is 16.5. The molecule has 0 unspecified atom stereocenters. The zero-order chi connectivity index (χ0) is 13.4. The molecule has 0 aliphatic heterocycles. The molecule has 18 heavy (non-hydrogen) atoms. The van der Waals surface area contributed by atoms with Crippen LogP contribution >= 0.6 is 0 Å². The highest BCUT2D eigenvalue weighted by molar-refractivity contribution is 5.26. The van der Waals surface area contributed by atoms with Gasteiger partial charge in [0, 0.05) is 26.8 Å². The molecule has 1 N–H and O–H groups in total. The van der Waals surface area contributed by atoms with Gasteiger partial charge in [0.05, 0.1) is 7.11 Å². The van der Waals surface area contributed by atoms with Crippen molar-refractivity contribution in [2.45, 2.75) is 26.8 Å². The molecule has 0 amide bonds. The first-order valence-corrected chi connectivity index (χ1v) is 6.40. The van der Waals surface area contributed by atoms with Crippen LogP contribution in [0.4, 0.5) is 0 Å². The quantitative estimate of drug-likeness (QED) is 0.770. The first-order valence-electron chi connectivity index (χ1n) is 6.40. The summed E-state index contributed by atoms with van der Waals surface area (Å²) in [5.41, 5.74) is 1.54. The Balaban J connectivity index is 2.31. The van der Waals surface area contributed by atoms with E-state index in [1.165, 1.54) is 5.56 Å². The van der Waals surface area contributed by atoms with Gasteiger partial charge >= 0.3 is 0 Å². The van der Waals surface area contributed by atoms with E-state index in [0.29, 0.717) is 0 Å². The summed E-state index contributed by atoms with van der Waals surface area (Å²) >= 11 is 0. The first kappa shape index (κ1) is 15.0. The SMILES string of the molecule is COCCC(C)(C)CNCc1ccc(OC)cc1. The van der Waals surface area contributed by atoms with E-state index in [0.717, 1.165) is 31.9 Å². The molecule has 0 bridgehead atoms. The van der Waals surface area contributed by atoms with E-state index in [1.807, 2.05) is 12.1 Å². The molecule has 0 saturated heterocycles. The third-order valence-electron chi connectivity index (χ3n) is 3.07. The van der Waals surface area contributed by atoms with Crippen LogP contribution in [0.1, 0.15) is 25.8 Å². The van der Waals surface area contributed by atoms with Crippen LogP contribution in [0.2, 0.25) is 0 Å². The van der Waals surface area contributed by atoms with E-state index < -0.39 is 0 Å². The molecule has 0 saturated carbocycles. The van der Waals surface area contributed by atoms with Crippen LogP contribution < -0.4 is 10.1 Å². The van der Waals surface area contributed by atoms with Crippen molar-refractivity contribution >= 4 is 0 Å². The Morgan fingerprint density at radius 1 is 1.11 bits per heavy atom. The van der Waals surface area contributed by atoms with Gasteiger partial charge in [0.25, 0.3) is 0 Å². The number of benzene rings is 1. The van der Waals surface area contributed by atoms with E-state index in [1.54, 1.807) is 14.2 Å². The maximum atomic E-state index is 5.14. The maximum absolute atomic E-state index is 5.14. The maximum Gasteiger partial charge on any atom is 0.118 e. The van der Waals surface area contributed by atoms with E-state index in [4.69, 9.17) is 9.47 Å². The van der Waals surface area contributed by atoms with Crippen LogP contribution in [0.3, 0.4) is 0 Å². The topological polar surface area (TPSA) is 30.5 Å². The van der Waals surface area contributed by atoms with Gasteiger partial charge in [-0.2, -0.15) is 0 Å². The monoisotopic (exact) mass is 251 g/mol. The smallest absolute Gasteiger partial charge is 0.118 e. The fourth-order valence-electron chi connectivity index (χ4n) is 1.76. The molecule has 3 heteroatoms. The van der Waals surface area contributed by atoms with Crippen molar-refractivity contribution < 1.29 is 9.47 Å². The third-order valence-corrected chi connectivity index (χ3v) is 3.07. The second-order valence-electron chi connectivity index (χ2n) is 5.36. The average molecular weight is 251 g/mol. The van der Waals surface area contributed by atoms with Crippen molar-refractivity contribution in [1.82, 2.24) is 5.32 Å². The zero-order valence-electron chi connectivity index (χ0n) is 12.0. The molecular weight excluding hydrogens is 226 g/mol. The lowest BCUT2D eigenvalue weighted by Crippen LogP contribution is -2.30. The highest BCUT2D eigenvalue weighted by Gasteiger charge is 2.16. The lowest BCUT2D eigenvalue weighted by Gasteiger charge is -2.24. The summed E-state index contributed by atoms with van der Waals surface area (Å²) in [7, 11) is 3.44. The number of hydrogen-bond acceptors (Lipinski definition) is 3. The second kappa shape index (κ2) is 7.39. The fraction of sp³-hybridized carbons (Fsp3) is 0.600. The molecule has 1 aromatic carbocycles. The Hall–Kier alpha value is -1.06. The average Bonchev–Trinajstić information content (AvgIpc) is 2.37. The van der Waals surface area contributed by atoms with Crippen LogP contribution in [0, 0.1) is 5.41 Å². The molecule has 1 aromatic rings. The molecule has 0 aliphatic carbocycles. The third kappa shape index (κ3) is 5.52. The van der Waals surface area contributed by atoms with Crippen LogP contribution in [-0.2, 0) is 11.3 Å². The molecule has 0 spiro atoms. The molecule has 0 aromatic heterocycles.